The van der Waals surface area contributed by atoms with E-state index < -0.39 is 13.3 Å². The molecule has 0 fully saturated rings. The van der Waals surface area contributed by atoms with E-state index in [1.165, 1.54) is 0 Å². The van der Waals surface area contributed by atoms with Gasteiger partial charge in [0, 0.05) is 0 Å². The van der Waals surface area contributed by atoms with Crippen molar-refractivity contribution in [3.8, 4) is 11.5 Å². The number of hydrogen-bond donors (Lipinski definition) is 0. The van der Waals surface area contributed by atoms with E-state index in [0.29, 0.717) is 21.7 Å². The molecule has 0 aliphatic rings. The van der Waals surface area contributed by atoms with Gasteiger partial charge in [-0.1, -0.05) is 0 Å². The fraction of sp³-hybridized carbons (Fsp3) is 0.667. The summed E-state index contributed by atoms with van der Waals surface area (Å²) in [4.78, 5) is 13.9. The van der Waals surface area contributed by atoms with E-state index in [1.54, 1.807) is 14.2 Å². The summed E-state index contributed by atoms with van der Waals surface area (Å²) in [5, 5.41) is 3.41. The summed E-state index contributed by atoms with van der Waals surface area (Å²) in [7, 11) is 3.29. The molecule has 1 aromatic carbocycles. The molecule has 3 nitrogen and oxygen atoms in total. The van der Waals surface area contributed by atoms with Crippen molar-refractivity contribution in [3.63, 3.8) is 0 Å². The molecule has 1 aromatic rings. The van der Waals surface area contributed by atoms with Crippen LogP contribution in [0.2, 0.25) is 15.8 Å². The fourth-order valence-electron chi connectivity index (χ4n) is 3.60. The van der Waals surface area contributed by atoms with Crippen LogP contribution in [-0.2, 0) is 0 Å². The zero-order valence-electron chi connectivity index (χ0n) is 16.8. The van der Waals surface area contributed by atoms with Crippen LogP contribution in [0.4, 0.5) is 0 Å². The van der Waals surface area contributed by atoms with Crippen molar-refractivity contribution in [1.82, 2.24) is 0 Å². The third-order valence-corrected chi connectivity index (χ3v) is 16.0. The minimum atomic E-state index is -2.73. The van der Waals surface area contributed by atoms with E-state index >= 15 is 0 Å². The van der Waals surface area contributed by atoms with Crippen molar-refractivity contribution in [3.05, 3.63) is 23.8 Å². The molecule has 142 valence electrons. The van der Waals surface area contributed by atoms with Crippen LogP contribution in [0.25, 0.3) is 0 Å². The summed E-state index contributed by atoms with van der Waals surface area (Å²) in [5.41, 5.74) is 0.704. The Labute approximate surface area is 156 Å². The molecule has 0 atom stereocenters. The maximum atomic E-state index is 13.9. The topological polar surface area (TPSA) is 35.5 Å². The van der Waals surface area contributed by atoms with Crippen molar-refractivity contribution in [1.29, 1.82) is 0 Å². The molecule has 0 saturated carbocycles. The Morgan fingerprint density at radius 2 is 1.24 bits per heavy atom. The number of rotatable bonds is 13. The zero-order valence-corrected chi connectivity index (χ0v) is 18.9. The number of carbonyl (C=O) groups is 1. The van der Waals surface area contributed by atoms with E-state index in [2.05, 4.69) is 20.8 Å². The van der Waals surface area contributed by atoms with Crippen molar-refractivity contribution in [2.45, 2.75) is 75.1 Å². The SMILES string of the molecule is CCC[CH2][Ge]([CH2]CCC)([CH2]CCC)[C](=O)c1c(OC)cccc1OC. The van der Waals surface area contributed by atoms with Crippen LogP contribution in [0.3, 0.4) is 0 Å². The number of hydrogen-bond acceptors (Lipinski definition) is 3. The quantitative estimate of drug-likeness (QED) is 0.360. The molecule has 0 heterocycles. The third kappa shape index (κ3) is 5.77. The molecular weight excluding hydrogens is 373 g/mol. The van der Waals surface area contributed by atoms with E-state index in [9.17, 15) is 4.79 Å². The van der Waals surface area contributed by atoms with Gasteiger partial charge in [0.1, 0.15) is 0 Å². The summed E-state index contributed by atoms with van der Waals surface area (Å²) in [6.45, 7) is 6.67. The molecule has 0 unspecified atom stereocenters. The van der Waals surface area contributed by atoms with Gasteiger partial charge < -0.3 is 0 Å². The Kier molecular flexibility index (Phi) is 10.3. The Hall–Kier alpha value is -0.967. The second-order valence-corrected chi connectivity index (χ2v) is 16.4. The van der Waals surface area contributed by atoms with Crippen LogP contribution < -0.4 is 9.47 Å². The van der Waals surface area contributed by atoms with Gasteiger partial charge in [0.15, 0.2) is 0 Å². The number of methoxy groups -OCH3 is 2. The van der Waals surface area contributed by atoms with Crippen LogP contribution in [0.1, 0.15) is 69.7 Å². The third-order valence-electron chi connectivity index (χ3n) is 5.16. The summed E-state index contributed by atoms with van der Waals surface area (Å²) < 4.78 is 11.5. The summed E-state index contributed by atoms with van der Waals surface area (Å²) >= 11 is -2.73. The van der Waals surface area contributed by atoms with Crippen LogP contribution in [-0.4, -0.2) is 32.1 Å². The van der Waals surface area contributed by atoms with E-state index in [1.807, 2.05) is 18.2 Å². The molecular formula is C21H36GeO3. The number of ether oxygens (including phenoxy) is 2. The normalized spacial score (nSPS) is 11.4. The zero-order chi connectivity index (χ0) is 18.7. The number of unbranched alkanes of at least 4 members (excludes halogenated alkanes) is 3. The van der Waals surface area contributed by atoms with Crippen molar-refractivity contribution < 1.29 is 14.3 Å². The van der Waals surface area contributed by atoms with Gasteiger partial charge >= 0.3 is 157 Å². The van der Waals surface area contributed by atoms with Crippen molar-refractivity contribution in [2.24, 2.45) is 0 Å². The average molecular weight is 409 g/mol. The van der Waals surface area contributed by atoms with E-state index in [4.69, 9.17) is 9.47 Å². The fourth-order valence-corrected chi connectivity index (χ4v) is 14.7. The van der Waals surface area contributed by atoms with Crippen LogP contribution in [0.15, 0.2) is 18.2 Å². The molecule has 0 aliphatic heterocycles. The molecule has 0 radical (unpaired) electrons. The molecule has 0 aromatic heterocycles. The first kappa shape index (κ1) is 22.1. The first-order chi connectivity index (χ1) is 12.1. The predicted octanol–water partition coefficient (Wildman–Crippen LogP) is 6.27. The number of carbonyl (C=O) groups excluding carboxylic acids is 1. The molecule has 0 N–H and O–H groups in total. The van der Waals surface area contributed by atoms with Gasteiger partial charge in [-0.25, -0.2) is 0 Å². The molecule has 4 heteroatoms. The van der Waals surface area contributed by atoms with Crippen LogP contribution >= 0.6 is 0 Å². The summed E-state index contributed by atoms with van der Waals surface area (Å²) in [5.74, 6) is 1.34. The predicted molar refractivity (Wildman–Crippen MR) is 109 cm³/mol. The summed E-state index contributed by atoms with van der Waals surface area (Å²) in [6, 6.07) is 5.68. The van der Waals surface area contributed by atoms with Crippen LogP contribution in [0, 0.1) is 0 Å². The Bertz CT molecular complexity index is 484. The number of benzene rings is 1. The van der Waals surface area contributed by atoms with Gasteiger partial charge in [-0.2, -0.15) is 0 Å². The second kappa shape index (κ2) is 11.6. The molecule has 0 spiro atoms. The first-order valence-corrected chi connectivity index (χ1v) is 15.4. The molecule has 0 aliphatic carbocycles. The second-order valence-electron chi connectivity index (χ2n) is 6.96. The first-order valence-electron chi connectivity index (χ1n) is 9.85. The van der Waals surface area contributed by atoms with Gasteiger partial charge in [-0.3, -0.25) is 0 Å². The van der Waals surface area contributed by atoms with E-state index in [0.717, 1.165) is 54.3 Å². The molecule has 0 amide bonds. The van der Waals surface area contributed by atoms with E-state index in [-0.39, 0.29) is 0 Å². The molecule has 25 heavy (non-hydrogen) atoms. The van der Waals surface area contributed by atoms with Crippen molar-refractivity contribution >= 4 is 17.9 Å². The average Bonchev–Trinajstić information content (AvgIpc) is 2.66. The Morgan fingerprint density at radius 3 is 1.56 bits per heavy atom. The Balaban J connectivity index is 3.38. The van der Waals surface area contributed by atoms with Crippen LogP contribution in [0.5, 0.6) is 11.5 Å². The standard InChI is InChI=1S/C21H36GeO3/c1-6-9-15-22(16-10-7-2,17-11-8-3)21(23)20-18(24-4)13-12-14-19(20)25-5/h12-14H,6-11,15-17H2,1-5H3. The van der Waals surface area contributed by atoms with Gasteiger partial charge in [0.2, 0.25) is 0 Å². The van der Waals surface area contributed by atoms with Crippen molar-refractivity contribution in [2.75, 3.05) is 14.2 Å². The monoisotopic (exact) mass is 410 g/mol. The van der Waals surface area contributed by atoms with Gasteiger partial charge in [-0.15, -0.1) is 0 Å². The van der Waals surface area contributed by atoms with Gasteiger partial charge in [0.25, 0.3) is 0 Å². The van der Waals surface area contributed by atoms with Gasteiger partial charge in [0.05, 0.1) is 0 Å². The Morgan fingerprint density at radius 1 is 0.840 bits per heavy atom. The van der Waals surface area contributed by atoms with Gasteiger partial charge in [-0.05, 0) is 0 Å². The summed E-state index contributed by atoms with van der Waals surface area (Å²) in [6.07, 6.45) is 6.95. The molecule has 0 bridgehead atoms. The minimum absolute atomic E-state index is 0.393. The molecule has 0 saturated heterocycles. The molecule has 1 rings (SSSR count). The maximum absolute atomic E-state index is 13.9.